The number of carbonyl (C=O) groups excluding carboxylic acids is 1. The minimum Gasteiger partial charge on any atom is -0.504 e. The Kier molecular flexibility index (Phi) is 4.39. The van der Waals surface area contributed by atoms with Crippen LogP contribution >= 0.6 is 0 Å². The molecular formula is C15H17N3O3. The molecule has 1 heterocycles. The van der Waals surface area contributed by atoms with Gasteiger partial charge in [0.05, 0.1) is 6.04 Å². The second-order valence-electron chi connectivity index (χ2n) is 4.74. The molecule has 0 aliphatic rings. The molecule has 1 atom stereocenters. The van der Waals surface area contributed by atoms with Gasteiger partial charge in [0.25, 0.3) is 0 Å². The number of hydrogen-bond acceptors (Lipinski definition) is 5. The lowest BCUT2D eigenvalue weighted by Gasteiger charge is -2.21. The van der Waals surface area contributed by atoms with Crippen molar-refractivity contribution in [3.8, 4) is 11.5 Å². The smallest absolute Gasteiger partial charge is 0.243 e. The molecule has 2 aromatic rings. The summed E-state index contributed by atoms with van der Waals surface area (Å²) in [6, 6.07) is 7.08. The van der Waals surface area contributed by atoms with Crippen LogP contribution in [0.2, 0.25) is 0 Å². The van der Waals surface area contributed by atoms with Crippen molar-refractivity contribution in [2.24, 2.45) is 5.73 Å². The number of likely N-dealkylation sites (N-methyl/N-ethyl adjacent to an activating group) is 1. The molecule has 0 radical (unpaired) electrons. The van der Waals surface area contributed by atoms with Crippen LogP contribution in [0.1, 0.15) is 5.56 Å². The zero-order chi connectivity index (χ0) is 15.4. The van der Waals surface area contributed by atoms with Crippen LogP contribution in [-0.4, -0.2) is 34.2 Å². The molecule has 0 bridgehead atoms. The van der Waals surface area contributed by atoms with Crippen LogP contribution in [0.5, 0.6) is 11.5 Å². The molecule has 1 aromatic heterocycles. The molecule has 0 spiro atoms. The van der Waals surface area contributed by atoms with Crippen molar-refractivity contribution >= 4 is 11.6 Å². The monoisotopic (exact) mass is 287 g/mol. The highest BCUT2D eigenvalue weighted by Gasteiger charge is 2.20. The summed E-state index contributed by atoms with van der Waals surface area (Å²) in [4.78, 5) is 17.6. The second kappa shape index (κ2) is 6.23. The third kappa shape index (κ3) is 3.49. The van der Waals surface area contributed by atoms with Crippen LogP contribution in [0.3, 0.4) is 0 Å². The number of phenolic OH excluding ortho intramolecular Hbond substituents is 2. The van der Waals surface area contributed by atoms with E-state index in [-0.39, 0.29) is 23.8 Å². The molecule has 110 valence electrons. The van der Waals surface area contributed by atoms with Crippen LogP contribution in [0, 0.1) is 0 Å². The van der Waals surface area contributed by atoms with Crippen molar-refractivity contribution in [1.82, 2.24) is 4.98 Å². The van der Waals surface area contributed by atoms with Gasteiger partial charge in [-0.3, -0.25) is 9.78 Å². The number of rotatable bonds is 4. The molecule has 0 aliphatic carbocycles. The predicted octanol–water partition coefficient (Wildman–Crippen LogP) is 1.03. The normalized spacial score (nSPS) is 11.9. The van der Waals surface area contributed by atoms with Gasteiger partial charge in [-0.2, -0.15) is 0 Å². The summed E-state index contributed by atoms with van der Waals surface area (Å²) in [5, 5.41) is 18.7. The van der Waals surface area contributed by atoms with E-state index in [4.69, 9.17) is 5.73 Å². The number of hydrogen-bond donors (Lipinski definition) is 3. The first-order chi connectivity index (χ1) is 9.99. The van der Waals surface area contributed by atoms with Gasteiger partial charge in [-0.25, -0.2) is 0 Å². The van der Waals surface area contributed by atoms with Crippen molar-refractivity contribution in [3.63, 3.8) is 0 Å². The minimum atomic E-state index is -0.743. The summed E-state index contributed by atoms with van der Waals surface area (Å²) >= 11 is 0. The van der Waals surface area contributed by atoms with E-state index in [1.54, 1.807) is 37.6 Å². The number of phenols is 2. The molecule has 2 rings (SSSR count). The summed E-state index contributed by atoms with van der Waals surface area (Å²) in [6.07, 6.45) is 3.47. The van der Waals surface area contributed by atoms with E-state index in [9.17, 15) is 15.0 Å². The van der Waals surface area contributed by atoms with E-state index < -0.39 is 6.04 Å². The van der Waals surface area contributed by atoms with Gasteiger partial charge in [0, 0.05) is 25.1 Å². The Morgan fingerprint density at radius 2 is 1.90 bits per heavy atom. The number of carbonyl (C=O) groups is 1. The van der Waals surface area contributed by atoms with Crippen LogP contribution in [-0.2, 0) is 11.2 Å². The average molecular weight is 287 g/mol. The van der Waals surface area contributed by atoms with Crippen molar-refractivity contribution in [1.29, 1.82) is 0 Å². The SMILES string of the molecule is CN(C(=O)[C@@H](N)Cc1ccc(O)c(O)c1)c1ccncc1. The number of amides is 1. The number of nitrogens with zero attached hydrogens (tertiary/aromatic N) is 2. The molecule has 6 nitrogen and oxygen atoms in total. The Hall–Kier alpha value is -2.60. The number of nitrogens with two attached hydrogens (primary N) is 1. The molecule has 0 aliphatic heterocycles. The van der Waals surface area contributed by atoms with Crippen molar-refractivity contribution in [2.75, 3.05) is 11.9 Å². The lowest BCUT2D eigenvalue weighted by molar-refractivity contribution is -0.119. The van der Waals surface area contributed by atoms with Crippen LogP contribution in [0.25, 0.3) is 0 Å². The number of benzene rings is 1. The Balaban J connectivity index is 2.07. The topological polar surface area (TPSA) is 99.7 Å². The van der Waals surface area contributed by atoms with Gasteiger partial charge >= 0.3 is 0 Å². The first-order valence-corrected chi connectivity index (χ1v) is 6.43. The standard InChI is InChI=1S/C15H17N3O3/c1-18(11-4-6-17-7-5-11)15(21)12(16)8-10-2-3-13(19)14(20)9-10/h2-7,9,12,19-20H,8,16H2,1H3/t12-/m0/s1. The molecule has 1 amide bonds. The van der Waals surface area contributed by atoms with Gasteiger partial charge in [-0.05, 0) is 36.2 Å². The molecule has 6 heteroatoms. The maximum Gasteiger partial charge on any atom is 0.243 e. The number of aromatic nitrogens is 1. The summed E-state index contributed by atoms with van der Waals surface area (Å²) in [7, 11) is 1.64. The Labute approximate surface area is 122 Å². The number of aromatic hydroxyl groups is 2. The fourth-order valence-corrected chi connectivity index (χ4v) is 1.98. The van der Waals surface area contributed by atoms with E-state index in [2.05, 4.69) is 4.98 Å². The maximum absolute atomic E-state index is 12.3. The summed E-state index contributed by atoms with van der Waals surface area (Å²) in [5.41, 5.74) is 7.31. The van der Waals surface area contributed by atoms with Gasteiger partial charge < -0.3 is 20.8 Å². The summed E-state index contributed by atoms with van der Waals surface area (Å²) in [6.45, 7) is 0. The van der Waals surface area contributed by atoms with Crippen molar-refractivity contribution in [2.45, 2.75) is 12.5 Å². The molecule has 0 saturated carbocycles. The van der Waals surface area contributed by atoms with Crippen molar-refractivity contribution in [3.05, 3.63) is 48.3 Å². The Morgan fingerprint density at radius 3 is 2.52 bits per heavy atom. The summed E-state index contributed by atoms with van der Waals surface area (Å²) in [5.74, 6) is -0.670. The fraction of sp³-hybridized carbons (Fsp3) is 0.200. The van der Waals surface area contributed by atoms with Crippen LogP contribution in [0.15, 0.2) is 42.7 Å². The second-order valence-corrected chi connectivity index (χ2v) is 4.74. The minimum absolute atomic E-state index is 0.201. The first kappa shape index (κ1) is 14.8. The van der Waals surface area contributed by atoms with Crippen molar-refractivity contribution < 1.29 is 15.0 Å². The van der Waals surface area contributed by atoms with E-state index in [1.807, 2.05) is 0 Å². The van der Waals surface area contributed by atoms with E-state index >= 15 is 0 Å². The lowest BCUT2D eigenvalue weighted by atomic mass is 10.0. The predicted molar refractivity (Wildman–Crippen MR) is 79.1 cm³/mol. The zero-order valence-corrected chi connectivity index (χ0v) is 11.6. The van der Waals surface area contributed by atoms with Gasteiger partial charge in [0.15, 0.2) is 11.5 Å². The number of anilines is 1. The molecule has 4 N–H and O–H groups in total. The molecule has 1 aromatic carbocycles. The summed E-state index contributed by atoms with van der Waals surface area (Å²) < 4.78 is 0. The highest BCUT2D eigenvalue weighted by atomic mass is 16.3. The first-order valence-electron chi connectivity index (χ1n) is 6.43. The van der Waals surface area contributed by atoms with Gasteiger partial charge in [0.1, 0.15) is 0 Å². The van der Waals surface area contributed by atoms with Gasteiger partial charge in [0.2, 0.25) is 5.91 Å². The van der Waals surface area contributed by atoms with Gasteiger partial charge in [-0.1, -0.05) is 6.07 Å². The zero-order valence-electron chi connectivity index (χ0n) is 11.6. The lowest BCUT2D eigenvalue weighted by Crippen LogP contribution is -2.43. The molecule has 0 unspecified atom stereocenters. The average Bonchev–Trinajstić information content (AvgIpc) is 2.50. The Morgan fingerprint density at radius 1 is 1.24 bits per heavy atom. The van der Waals surface area contributed by atoms with E-state index in [0.717, 1.165) is 0 Å². The largest absolute Gasteiger partial charge is 0.504 e. The fourth-order valence-electron chi connectivity index (χ4n) is 1.98. The highest BCUT2D eigenvalue weighted by molar-refractivity contribution is 5.96. The van der Waals surface area contributed by atoms with Gasteiger partial charge in [-0.15, -0.1) is 0 Å². The Bertz CT molecular complexity index is 631. The molecular weight excluding hydrogens is 270 g/mol. The van der Waals surface area contributed by atoms with E-state index in [1.165, 1.54) is 17.0 Å². The van der Waals surface area contributed by atoms with E-state index in [0.29, 0.717) is 11.3 Å². The molecule has 0 fully saturated rings. The molecule has 21 heavy (non-hydrogen) atoms. The maximum atomic E-state index is 12.3. The third-order valence-electron chi connectivity index (χ3n) is 3.19. The van der Waals surface area contributed by atoms with Crippen LogP contribution < -0.4 is 10.6 Å². The number of pyridine rings is 1. The van der Waals surface area contributed by atoms with Crippen LogP contribution in [0.4, 0.5) is 5.69 Å². The third-order valence-corrected chi connectivity index (χ3v) is 3.19. The molecule has 0 saturated heterocycles. The quantitative estimate of drug-likeness (QED) is 0.729. The highest BCUT2D eigenvalue weighted by Crippen LogP contribution is 2.25.